The lowest BCUT2D eigenvalue weighted by Crippen LogP contribution is -2.23. The fourth-order valence-corrected chi connectivity index (χ4v) is 1.88. The van der Waals surface area contributed by atoms with Crippen LogP contribution in [0.2, 0.25) is 0 Å². The Morgan fingerprint density at radius 2 is 1.71 bits per heavy atom. The number of carbonyl (C=O) groups excluding carboxylic acids is 2. The minimum atomic E-state index is -0.450. The average Bonchev–Trinajstić information content (AvgIpc) is 2.46. The summed E-state index contributed by atoms with van der Waals surface area (Å²) in [6, 6.07) is 14.6. The Kier molecular flexibility index (Phi) is 4.72. The third-order valence-electron chi connectivity index (χ3n) is 2.96. The van der Waals surface area contributed by atoms with E-state index in [1.807, 2.05) is 31.2 Å². The molecule has 0 spiro atoms. The van der Waals surface area contributed by atoms with E-state index in [0.29, 0.717) is 12.1 Å². The molecule has 0 aliphatic rings. The SMILES string of the molecule is CC(=O)Oc1ccccc1C(=O)NCc1ccc(C)cc1. The van der Waals surface area contributed by atoms with Crippen molar-refractivity contribution in [1.29, 1.82) is 0 Å². The highest BCUT2D eigenvalue weighted by atomic mass is 16.5. The molecule has 2 rings (SSSR count). The molecule has 0 aromatic heterocycles. The van der Waals surface area contributed by atoms with Crippen LogP contribution in [0.1, 0.15) is 28.4 Å². The summed E-state index contributed by atoms with van der Waals surface area (Å²) in [7, 11) is 0. The minimum absolute atomic E-state index is 0.270. The van der Waals surface area contributed by atoms with Crippen LogP contribution in [0.25, 0.3) is 0 Å². The second-order valence-corrected chi connectivity index (χ2v) is 4.76. The van der Waals surface area contributed by atoms with Gasteiger partial charge in [0, 0.05) is 13.5 Å². The first-order valence-electron chi connectivity index (χ1n) is 6.67. The fraction of sp³-hybridized carbons (Fsp3) is 0.176. The Hall–Kier alpha value is -2.62. The molecule has 1 amide bonds. The number of benzene rings is 2. The number of carbonyl (C=O) groups is 2. The highest BCUT2D eigenvalue weighted by Crippen LogP contribution is 2.18. The Labute approximate surface area is 123 Å². The molecule has 0 heterocycles. The summed E-state index contributed by atoms with van der Waals surface area (Å²) < 4.78 is 5.03. The van der Waals surface area contributed by atoms with Gasteiger partial charge in [-0.15, -0.1) is 0 Å². The average molecular weight is 283 g/mol. The normalized spacial score (nSPS) is 10.0. The minimum Gasteiger partial charge on any atom is -0.426 e. The van der Waals surface area contributed by atoms with Crippen LogP contribution in [0.5, 0.6) is 5.75 Å². The van der Waals surface area contributed by atoms with Crippen LogP contribution >= 0.6 is 0 Å². The first kappa shape index (κ1) is 14.8. The number of aryl methyl sites for hydroxylation is 1. The first-order valence-corrected chi connectivity index (χ1v) is 6.67. The topological polar surface area (TPSA) is 55.4 Å². The molecule has 0 saturated carbocycles. The quantitative estimate of drug-likeness (QED) is 0.693. The van der Waals surface area contributed by atoms with E-state index in [0.717, 1.165) is 5.56 Å². The predicted molar refractivity (Wildman–Crippen MR) is 80.1 cm³/mol. The fourth-order valence-electron chi connectivity index (χ4n) is 1.88. The van der Waals surface area contributed by atoms with Gasteiger partial charge in [-0.1, -0.05) is 42.0 Å². The van der Waals surface area contributed by atoms with Gasteiger partial charge in [-0.25, -0.2) is 0 Å². The zero-order valence-corrected chi connectivity index (χ0v) is 12.1. The molecule has 0 saturated heterocycles. The van der Waals surface area contributed by atoms with Gasteiger partial charge in [0.15, 0.2) is 0 Å². The summed E-state index contributed by atoms with van der Waals surface area (Å²) in [4.78, 5) is 23.2. The number of esters is 1. The van der Waals surface area contributed by atoms with Gasteiger partial charge >= 0.3 is 5.97 Å². The monoisotopic (exact) mass is 283 g/mol. The van der Waals surface area contributed by atoms with Crippen molar-refractivity contribution in [2.45, 2.75) is 20.4 Å². The van der Waals surface area contributed by atoms with Gasteiger partial charge in [0.1, 0.15) is 5.75 Å². The highest BCUT2D eigenvalue weighted by molar-refractivity contribution is 5.97. The van der Waals surface area contributed by atoms with E-state index in [-0.39, 0.29) is 11.7 Å². The van der Waals surface area contributed by atoms with Crippen molar-refractivity contribution in [2.75, 3.05) is 0 Å². The second kappa shape index (κ2) is 6.70. The van der Waals surface area contributed by atoms with E-state index < -0.39 is 5.97 Å². The summed E-state index contributed by atoms with van der Waals surface area (Å²) in [5, 5.41) is 2.82. The first-order chi connectivity index (χ1) is 10.1. The largest absolute Gasteiger partial charge is 0.426 e. The third-order valence-corrected chi connectivity index (χ3v) is 2.96. The van der Waals surface area contributed by atoms with Crippen molar-refractivity contribution >= 4 is 11.9 Å². The van der Waals surface area contributed by atoms with Crippen LogP contribution in [-0.2, 0) is 11.3 Å². The maximum atomic E-state index is 12.2. The van der Waals surface area contributed by atoms with Crippen molar-refractivity contribution < 1.29 is 14.3 Å². The lowest BCUT2D eigenvalue weighted by atomic mass is 10.1. The molecule has 0 bridgehead atoms. The highest BCUT2D eigenvalue weighted by Gasteiger charge is 2.13. The molecular formula is C17H17NO3. The molecule has 0 aliphatic heterocycles. The number of rotatable bonds is 4. The smallest absolute Gasteiger partial charge is 0.308 e. The Morgan fingerprint density at radius 3 is 2.38 bits per heavy atom. The van der Waals surface area contributed by atoms with E-state index in [2.05, 4.69) is 5.32 Å². The van der Waals surface area contributed by atoms with Crippen LogP contribution < -0.4 is 10.1 Å². The molecular weight excluding hydrogens is 266 g/mol. The van der Waals surface area contributed by atoms with Gasteiger partial charge in [-0.05, 0) is 24.6 Å². The number of hydrogen-bond acceptors (Lipinski definition) is 3. The molecule has 21 heavy (non-hydrogen) atoms. The van der Waals surface area contributed by atoms with Crippen molar-refractivity contribution in [2.24, 2.45) is 0 Å². The summed E-state index contributed by atoms with van der Waals surface area (Å²) in [5.74, 6) is -0.451. The van der Waals surface area contributed by atoms with E-state index in [1.165, 1.54) is 12.5 Å². The Bertz CT molecular complexity index is 647. The molecule has 0 radical (unpaired) electrons. The van der Waals surface area contributed by atoms with Crippen LogP contribution in [-0.4, -0.2) is 11.9 Å². The van der Waals surface area contributed by atoms with Gasteiger partial charge in [0.2, 0.25) is 0 Å². The standard InChI is InChI=1S/C17H17NO3/c1-12-7-9-14(10-8-12)11-18-17(20)15-5-3-4-6-16(15)21-13(2)19/h3-10H,11H2,1-2H3,(H,18,20). The number of ether oxygens (including phenoxy) is 1. The summed E-state index contributed by atoms with van der Waals surface area (Å²) in [5.41, 5.74) is 2.53. The summed E-state index contributed by atoms with van der Waals surface area (Å²) in [6.45, 7) is 3.74. The van der Waals surface area contributed by atoms with Crippen molar-refractivity contribution in [3.63, 3.8) is 0 Å². The molecule has 4 heteroatoms. The molecule has 108 valence electrons. The van der Waals surface area contributed by atoms with E-state index in [1.54, 1.807) is 24.3 Å². The third kappa shape index (κ3) is 4.18. The van der Waals surface area contributed by atoms with Crippen LogP contribution in [0, 0.1) is 6.92 Å². The van der Waals surface area contributed by atoms with Gasteiger partial charge in [-0.3, -0.25) is 9.59 Å². The van der Waals surface area contributed by atoms with Crippen LogP contribution in [0.4, 0.5) is 0 Å². The lowest BCUT2D eigenvalue weighted by molar-refractivity contribution is -0.131. The number of amides is 1. The zero-order chi connectivity index (χ0) is 15.2. The van der Waals surface area contributed by atoms with E-state index >= 15 is 0 Å². The zero-order valence-electron chi connectivity index (χ0n) is 12.1. The summed E-state index contributed by atoms with van der Waals surface area (Å²) in [6.07, 6.45) is 0. The molecule has 0 aliphatic carbocycles. The molecule has 2 aromatic rings. The van der Waals surface area contributed by atoms with Gasteiger partial charge < -0.3 is 10.1 Å². The predicted octanol–water partition coefficient (Wildman–Crippen LogP) is 2.85. The van der Waals surface area contributed by atoms with Gasteiger partial charge in [0.25, 0.3) is 5.91 Å². The second-order valence-electron chi connectivity index (χ2n) is 4.76. The Balaban J connectivity index is 2.06. The van der Waals surface area contributed by atoms with E-state index in [9.17, 15) is 9.59 Å². The van der Waals surface area contributed by atoms with Crippen molar-refractivity contribution in [3.8, 4) is 5.75 Å². The van der Waals surface area contributed by atoms with Crippen LogP contribution in [0.15, 0.2) is 48.5 Å². The van der Waals surface area contributed by atoms with Crippen LogP contribution in [0.3, 0.4) is 0 Å². The van der Waals surface area contributed by atoms with Gasteiger partial charge in [0.05, 0.1) is 5.56 Å². The number of para-hydroxylation sites is 1. The molecule has 2 aromatic carbocycles. The van der Waals surface area contributed by atoms with Gasteiger partial charge in [-0.2, -0.15) is 0 Å². The molecule has 0 fully saturated rings. The number of nitrogens with one attached hydrogen (secondary N) is 1. The molecule has 0 atom stereocenters. The van der Waals surface area contributed by atoms with Crippen molar-refractivity contribution in [3.05, 3.63) is 65.2 Å². The van der Waals surface area contributed by atoms with E-state index in [4.69, 9.17) is 4.74 Å². The molecule has 1 N–H and O–H groups in total. The Morgan fingerprint density at radius 1 is 1.05 bits per heavy atom. The van der Waals surface area contributed by atoms with Crippen molar-refractivity contribution in [1.82, 2.24) is 5.32 Å². The lowest BCUT2D eigenvalue weighted by Gasteiger charge is -2.09. The molecule has 0 unspecified atom stereocenters. The maximum absolute atomic E-state index is 12.2. The molecule has 4 nitrogen and oxygen atoms in total. The summed E-state index contributed by atoms with van der Waals surface area (Å²) >= 11 is 0. The maximum Gasteiger partial charge on any atom is 0.308 e. The number of hydrogen-bond donors (Lipinski definition) is 1.